The molecule has 1 N–H and O–H groups in total. The molecule has 2 rings (SSSR count). The van der Waals surface area contributed by atoms with E-state index in [2.05, 4.69) is 10.3 Å². The number of nitrogens with one attached hydrogen (secondary N) is 1. The average Bonchev–Trinajstić information content (AvgIpc) is 2.89. The highest BCUT2D eigenvalue weighted by Gasteiger charge is 2.16. The topological polar surface area (TPSA) is 77.5 Å². The van der Waals surface area contributed by atoms with Crippen molar-refractivity contribution in [1.82, 2.24) is 10.3 Å². The van der Waals surface area contributed by atoms with E-state index < -0.39 is 5.97 Å². The van der Waals surface area contributed by atoms with Gasteiger partial charge in [0.15, 0.2) is 6.61 Å². The van der Waals surface area contributed by atoms with E-state index in [-0.39, 0.29) is 12.5 Å². The number of thiazole rings is 1. The van der Waals surface area contributed by atoms with Gasteiger partial charge in [-0.05, 0) is 31.5 Å². The van der Waals surface area contributed by atoms with Crippen molar-refractivity contribution < 1.29 is 19.1 Å². The van der Waals surface area contributed by atoms with Crippen LogP contribution in [-0.2, 0) is 16.1 Å². The lowest BCUT2D eigenvalue weighted by Crippen LogP contribution is -2.28. The number of aryl methyl sites for hydroxylation is 2. The van der Waals surface area contributed by atoms with Crippen LogP contribution in [0.3, 0.4) is 0 Å². The summed E-state index contributed by atoms with van der Waals surface area (Å²) in [5.41, 5.74) is 1.55. The van der Waals surface area contributed by atoms with Gasteiger partial charge in [-0.25, -0.2) is 9.78 Å². The van der Waals surface area contributed by atoms with Crippen LogP contribution in [0.5, 0.6) is 5.75 Å². The Kier molecular flexibility index (Phi) is 5.70. The first kappa shape index (κ1) is 17.0. The average molecular weight is 334 g/mol. The van der Waals surface area contributed by atoms with Crippen LogP contribution in [0, 0.1) is 13.8 Å². The zero-order valence-electron chi connectivity index (χ0n) is 13.2. The maximum atomic E-state index is 11.9. The summed E-state index contributed by atoms with van der Waals surface area (Å²) in [6.07, 6.45) is 0. The number of hydrogen-bond donors (Lipinski definition) is 1. The lowest BCUT2D eigenvalue weighted by atomic mass is 10.2. The predicted octanol–water partition coefficient (Wildman–Crippen LogP) is 2.24. The van der Waals surface area contributed by atoms with Gasteiger partial charge in [0.2, 0.25) is 0 Å². The van der Waals surface area contributed by atoms with Crippen molar-refractivity contribution in [2.24, 2.45) is 0 Å². The van der Waals surface area contributed by atoms with E-state index in [0.29, 0.717) is 17.1 Å². The number of hydrogen-bond acceptors (Lipinski definition) is 6. The molecule has 0 aliphatic heterocycles. The molecule has 0 saturated carbocycles. The minimum absolute atomic E-state index is 0.314. The molecule has 23 heavy (non-hydrogen) atoms. The van der Waals surface area contributed by atoms with Crippen LogP contribution in [0.2, 0.25) is 0 Å². The number of methoxy groups -OCH3 is 1. The predicted molar refractivity (Wildman–Crippen MR) is 86.7 cm³/mol. The maximum Gasteiger partial charge on any atom is 0.350 e. The molecule has 7 heteroatoms. The maximum absolute atomic E-state index is 11.9. The van der Waals surface area contributed by atoms with E-state index in [1.807, 2.05) is 31.2 Å². The summed E-state index contributed by atoms with van der Waals surface area (Å²) in [5.74, 6) is -0.120. The van der Waals surface area contributed by atoms with E-state index in [0.717, 1.165) is 16.3 Å². The smallest absolute Gasteiger partial charge is 0.350 e. The molecule has 0 spiro atoms. The first-order chi connectivity index (χ1) is 11.0. The minimum Gasteiger partial charge on any atom is -0.497 e. The molecule has 0 saturated heterocycles. The van der Waals surface area contributed by atoms with Crippen LogP contribution in [0.25, 0.3) is 0 Å². The Hall–Kier alpha value is -2.41. The Labute approximate surface area is 138 Å². The fraction of sp³-hybridized carbons (Fsp3) is 0.312. The van der Waals surface area contributed by atoms with Gasteiger partial charge in [-0.2, -0.15) is 0 Å². The molecule has 1 heterocycles. The number of nitrogens with zero attached hydrogens (tertiary/aromatic N) is 1. The number of rotatable bonds is 6. The second-order valence-electron chi connectivity index (χ2n) is 4.85. The summed E-state index contributed by atoms with van der Waals surface area (Å²) in [6.45, 7) is 3.60. The number of aromatic nitrogens is 1. The normalized spacial score (nSPS) is 10.2. The fourth-order valence-corrected chi connectivity index (χ4v) is 2.73. The lowest BCUT2D eigenvalue weighted by Gasteiger charge is -2.07. The Morgan fingerprint density at radius 1 is 1.22 bits per heavy atom. The summed E-state index contributed by atoms with van der Waals surface area (Å²) in [6, 6.07) is 7.34. The van der Waals surface area contributed by atoms with Crippen molar-refractivity contribution in [2.75, 3.05) is 13.7 Å². The first-order valence-corrected chi connectivity index (χ1v) is 7.82. The second-order valence-corrected chi connectivity index (χ2v) is 6.05. The van der Waals surface area contributed by atoms with E-state index in [4.69, 9.17) is 9.47 Å². The number of esters is 1. The van der Waals surface area contributed by atoms with Crippen molar-refractivity contribution in [3.05, 3.63) is 45.4 Å². The second kappa shape index (κ2) is 7.73. The SMILES string of the molecule is COc1ccc(CNC(=O)COC(=O)c2sc(C)nc2C)cc1. The summed E-state index contributed by atoms with van der Waals surface area (Å²) < 4.78 is 10.1. The molecule has 0 aliphatic carbocycles. The third-order valence-corrected chi connectivity index (χ3v) is 4.12. The van der Waals surface area contributed by atoms with Crippen molar-refractivity contribution in [3.8, 4) is 5.75 Å². The summed E-state index contributed by atoms with van der Waals surface area (Å²) in [7, 11) is 1.59. The number of carbonyl (C=O) groups excluding carboxylic acids is 2. The molecule has 0 bridgehead atoms. The third-order valence-electron chi connectivity index (χ3n) is 3.07. The molecule has 1 aromatic carbocycles. The summed E-state index contributed by atoms with van der Waals surface area (Å²) in [5, 5.41) is 3.48. The highest BCUT2D eigenvalue weighted by Crippen LogP contribution is 2.18. The minimum atomic E-state index is -0.521. The van der Waals surface area contributed by atoms with Gasteiger partial charge in [-0.3, -0.25) is 4.79 Å². The molecule has 0 unspecified atom stereocenters. The zero-order valence-corrected chi connectivity index (χ0v) is 14.0. The van der Waals surface area contributed by atoms with Crippen molar-refractivity contribution >= 4 is 23.2 Å². The van der Waals surface area contributed by atoms with Crippen LogP contribution < -0.4 is 10.1 Å². The van der Waals surface area contributed by atoms with Gasteiger partial charge in [0.05, 0.1) is 17.8 Å². The number of ether oxygens (including phenoxy) is 2. The lowest BCUT2D eigenvalue weighted by molar-refractivity contribution is -0.124. The molecule has 0 aliphatic rings. The van der Waals surface area contributed by atoms with Crippen molar-refractivity contribution in [1.29, 1.82) is 0 Å². The number of carbonyl (C=O) groups is 2. The van der Waals surface area contributed by atoms with Crippen LogP contribution >= 0.6 is 11.3 Å². The molecule has 6 nitrogen and oxygen atoms in total. The van der Waals surface area contributed by atoms with Gasteiger partial charge in [-0.1, -0.05) is 12.1 Å². The fourth-order valence-electron chi connectivity index (χ4n) is 1.91. The van der Waals surface area contributed by atoms with Crippen LogP contribution in [0.4, 0.5) is 0 Å². The molecule has 1 amide bonds. The van der Waals surface area contributed by atoms with Gasteiger partial charge >= 0.3 is 5.97 Å². The molecular formula is C16H18N2O4S. The number of benzene rings is 1. The Morgan fingerprint density at radius 3 is 2.48 bits per heavy atom. The van der Waals surface area contributed by atoms with E-state index in [1.165, 1.54) is 11.3 Å². The Morgan fingerprint density at radius 2 is 1.91 bits per heavy atom. The van der Waals surface area contributed by atoms with Gasteiger partial charge in [-0.15, -0.1) is 11.3 Å². The Bertz CT molecular complexity index is 695. The number of amides is 1. The Balaban J connectivity index is 1.78. The van der Waals surface area contributed by atoms with Crippen LogP contribution in [-0.4, -0.2) is 30.6 Å². The monoisotopic (exact) mass is 334 g/mol. The molecule has 1 aromatic heterocycles. The first-order valence-electron chi connectivity index (χ1n) is 7.00. The summed E-state index contributed by atoms with van der Waals surface area (Å²) in [4.78, 5) is 28.2. The van der Waals surface area contributed by atoms with Gasteiger partial charge in [0, 0.05) is 6.54 Å². The van der Waals surface area contributed by atoms with Crippen molar-refractivity contribution in [3.63, 3.8) is 0 Å². The standard InChI is InChI=1S/C16H18N2O4S/c1-10-15(23-11(2)18-10)16(20)22-9-14(19)17-8-12-4-6-13(21-3)7-5-12/h4-7H,8-9H2,1-3H3,(H,17,19). The highest BCUT2D eigenvalue weighted by molar-refractivity contribution is 7.13. The van der Waals surface area contributed by atoms with Crippen molar-refractivity contribution in [2.45, 2.75) is 20.4 Å². The molecule has 0 radical (unpaired) electrons. The molecule has 0 atom stereocenters. The highest BCUT2D eigenvalue weighted by atomic mass is 32.1. The summed E-state index contributed by atoms with van der Waals surface area (Å²) >= 11 is 1.26. The third kappa shape index (κ3) is 4.79. The van der Waals surface area contributed by atoms with E-state index in [9.17, 15) is 9.59 Å². The molecule has 2 aromatic rings. The van der Waals surface area contributed by atoms with Crippen LogP contribution in [0.15, 0.2) is 24.3 Å². The van der Waals surface area contributed by atoms with Gasteiger partial charge < -0.3 is 14.8 Å². The van der Waals surface area contributed by atoms with E-state index in [1.54, 1.807) is 14.0 Å². The quantitative estimate of drug-likeness (QED) is 0.820. The van der Waals surface area contributed by atoms with Gasteiger partial charge in [0.1, 0.15) is 10.6 Å². The van der Waals surface area contributed by atoms with E-state index >= 15 is 0 Å². The van der Waals surface area contributed by atoms with Crippen LogP contribution in [0.1, 0.15) is 25.9 Å². The zero-order chi connectivity index (χ0) is 16.8. The molecular weight excluding hydrogens is 316 g/mol. The molecule has 122 valence electrons. The molecule has 0 fully saturated rings. The van der Waals surface area contributed by atoms with Gasteiger partial charge in [0.25, 0.3) is 5.91 Å². The largest absolute Gasteiger partial charge is 0.497 e.